The molecule has 2 rings (SSSR count). The fraction of sp³-hybridized carbons (Fsp3) is 0.154. The van der Waals surface area contributed by atoms with Gasteiger partial charge in [-0.3, -0.25) is 14.2 Å². The number of benzene rings is 1. The molecule has 2 aromatic rings. The van der Waals surface area contributed by atoms with Gasteiger partial charge in [-0.1, -0.05) is 0 Å². The summed E-state index contributed by atoms with van der Waals surface area (Å²) in [4.78, 5) is 27.4. The van der Waals surface area contributed by atoms with E-state index in [9.17, 15) is 14.0 Å². The van der Waals surface area contributed by atoms with E-state index in [-0.39, 0.29) is 30.1 Å². The van der Waals surface area contributed by atoms with Crippen molar-refractivity contribution in [2.75, 3.05) is 11.1 Å². The summed E-state index contributed by atoms with van der Waals surface area (Å²) in [6.07, 6.45) is 2.94. The number of halogens is 2. The zero-order valence-electron chi connectivity index (χ0n) is 10.8. The van der Waals surface area contributed by atoms with E-state index in [0.717, 1.165) is 0 Å². The van der Waals surface area contributed by atoms with E-state index in [4.69, 9.17) is 5.73 Å². The van der Waals surface area contributed by atoms with E-state index in [2.05, 4.69) is 10.3 Å². The summed E-state index contributed by atoms with van der Waals surface area (Å²) in [6, 6.07) is 3.94. The van der Waals surface area contributed by atoms with Crippen molar-refractivity contribution < 1.29 is 9.18 Å². The Bertz CT molecular complexity index is 732. The van der Waals surface area contributed by atoms with Crippen molar-refractivity contribution in [3.05, 3.63) is 50.5 Å². The van der Waals surface area contributed by atoms with Crippen LogP contribution in [0.3, 0.4) is 0 Å². The van der Waals surface area contributed by atoms with Gasteiger partial charge in [-0.15, -0.1) is 0 Å². The normalized spacial score (nSPS) is 10.4. The molecule has 8 heteroatoms. The summed E-state index contributed by atoms with van der Waals surface area (Å²) in [5.74, 6) is -0.837. The van der Waals surface area contributed by atoms with E-state index >= 15 is 0 Å². The highest BCUT2D eigenvalue weighted by atomic mass is 127. The molecule has 0 radical (unpaired) electrons. The zero-order valence-corrected chi connectivity index (χ0v) is 13.0. The predicted octanol–water partition coefficient (Wildman–Crippen LogP) is 1.60. The predicted molar refractivity (Wildman–Crippen MR) is 85.3 cm³/mol. The molecule has 21 heavy (non-hydrogen) atoms. The Morgan fingerprint density at radius 2 is 2.24 bits per heavy atom. The number of amides is 1. The summed E-state index contributed by atoms with van der Waals surface area (Å²) in [6.45, 7) is 0.213. The maximum atomic E-state index is 13.0. The van der Waals surface area contributed by atoms with Gasteiger partial charge in [0.15, 0.2) is 0 Å². The molecular formula is C13H12FIN4O2. The van der Waals surface area contributed by atoms with Gasteiger partial charge in [-0.25, -0.2) is 9.37 Å². The highest BCUT2D eigenvalue weighted by Crippen LogP contribution is 2.16. The number of nitrogen functional groups attached to an aromatic ring is 1. The second-order valence-electron chi connectivity index (χ2n) is 4.27. The summed E-state index contributed by atoms with van der Waals surface area (Å²) in [7, 11) is 0. The molecule has 1 heterocycles. The van der Waals surface area contributed by atoms with Crippen LogP contribution in [0.1, 0.15) is 6.42 Å². The molecule has 1 amide bonds. The second kappa shape index (κ2) is 6.66. The third kappa shape index (κ3) is 4.00. The lowest BCUT2D eigenvalue weighted by atomic mass is 10.2. The number of rotatable bonds is 4. The van der Waals surface area contributed by atoms with Crippen LogP contribution in [0.5, 0.6) is 0 Å². The molecule has 0 aliphatic heterocycles. The maximum absolute atomic E-state index is 13.0. The van der Waals surface area contributed by atoms with Gasteiger partial charge >= 0.3 is 0 Å². The highest BCUT2D eigenvalue weighted by molar-refractivity contribution is 14.1. The van der Waals surface area contributed by atoms with E-state index in [0.29, 0.717) is 9.26 Å². The number of nitrogens with zero attached hydrogens (tertiary/aromatic N) is 2. The maximum Gasteiger partial charge on any atom is 0.266 e. The first-order valence-electron chi connectivity index (χ1n) is 6.02. The summed E-state index contributed by atoms with van der Waals surface area (Å²) >= 11 is 1.89. The average molecular weight is 402 g/mol. The molecule has 0 aliphatic rings. The third-order valence-electron chi connectivity index (χ3n) is 2.72. The largest absolute Gasteiger partial charge is 0.396 e. The minimum absolute atomic E-state index is 0.0363. The number of hydrogen-bond acceptors (Lipinski definition) is 4. The van der Waals surface area contributed by atoms with Crippen LogP contribution in [0.15, 0.2) is 35.5 Å². The molecule has 3 N–H and O–H groups in total. The van der Waals surface area contributed by atoms with Crippen LogP contribution in [0, 0.1) is 9.39 Å². The van der Waals surface area contributed by atoms with Gasteiger partial charge < -0.3 is 11.1 Å². The monoisotopic (exact) mass is 402 g/mol. The Kier molecular flexibility index (Phi) is 4.89. The van der Waals surface area contributed by atoms with Crippen molar-refractivity contribution >= 4 is 39.9 Å². The lowest BCUT2D eigenvalue weighted by Crippen LogP contribution is -2.25. The minimum Gasteiger partial charge on any atom is -0.396 e. The number of hydrogen-bond donors (Lipinski definition) is 2. The fourth-order valence-electron chi connectivity index (χ4n) is 1.65. The molecule has 110 valence electrons. The molecular weight excluding hydrogens is 390 g/mol. The molecule has 0 unspecified atom stereocenters. The molecule has 0 spiro atoms. The SMILES string of the molecule is Nc1cc(NC(=O)CCn2cncc(I)c2=O)ccc1F. The van der Waals surface area contributed by atoms with Crippen LogP contribution in [-0.4, -0.2) is 15.5 Å². The summed E-state index contributed by atoms with van der Waals surface area (Å²) in [5, 5.41) is 2.59. The van der Waals surface area contributed by atoms with Crippen molar-refractivity contribution in [2.24, 2.45) is 0 Å². The van der Waals surface area contributed by atoms with Crippen molar-refractivity contribution in [1.82, 2.24) is 9.55 Å². The quantitative estimate of drug-likeness (QED) is 0.601. The number of aryl methyl sites for hydroxylation is 1. The first-order chi connectivity index (χ1) is 9.97. The molecule has 0 aliphatic carbocycles. The number of aromatic nitrogens is 2. The molecule has 6 nitrogen and oxygen atoms in total. The standard InChI is InChI=1S/C13H12FIN4O2/c14-9-2-1-8(5-11(9)16)18-12(20)3-4-19-7-17-6-10(15)13(19)21/h1-2,5-7H,3-4,16H2,(H,18,20). The second-order valence-corrected chi connectivity index (χ2v) is 5.44. The van der Waals surface area contributed by atoms with Crippen LogP contribution in [0.25, 0.3) is 0 Å². The molecule has 0 saturated carbocycles. The van der Waals surface area contributed by atoms with Crippen molar-refractivity contribution in [1.29, 1.82) is 0 Å². The van der Waals surface area contributed by atoms with Crippen LogP contribution < -0.4 is 16.6 Å². The van der Waals surface area contributed by atoms with Crippen LogP contribution in [0.4, 0.5) is 15.8 Å². The Morgan fingerprint density at radius 3 is 2.95 bits per heavy atom. The molecule has 1 aromatic heterocycles. The lowest BCUT2D eigenvalue weighted by molar-refractivity contribution is -0.116. The van der Waals surface area contributed by atoms with E-state index in [1.807, 2.05) is 22.6 Å². The van der Waals surface area contributed by atoms with Gasteiger partial charge in [0.25, 0.3) is 5.56 Å². The van der Waals surface area contributed by atoms with Gasteiger partial charge in [0, 0.05) is 24.8 Å². The number of anilines is 2. The summed E-state index contributed by atoms with van der Waals surface area (Å²) < 4.78 is 14.9. The molecule has 1 aromatic carbocycles. The fourth-order valence-corrected chi connectivity index (χ4v) is 2.12. The lowest BCUT2D eigenvalue weighted by Gasteiger charge is -2.08. The summed E-state index contributed by atoms with van der Waals surface area (Å²) in [5.41, 5.74) is 5.60. The van der Waals surface area contributed by atoms with Gasteiger partial charge in [-0.05, 0) is 40.8 Å². The average Bonchev–Trinajstić information content (AvgIpc) is 2.44. The molecule has 0 fully saturated rings. The molecule has 0 bridgehead atoms. The van der Waals surface area contributed by atoms with Gasteiger partial charge in [0.1, 0.15) is 5.82 Å². The van der Waals surface area contributed by atoms with Crippen LogP contribution >= 0.6 is 22.6 Å². The zero-order chi connectivity index (χ0) is 15.4. The Balaban J connectivity index is 1.97. The van der Waals surface area contributed by atoms with Gasteiger partial charge in [0.05, 0.1) is 15.6 Å². The molecule has 0 saturated heterocycles. The Labute approximate surface area is 133 Å². The smallest absolute Gasteiger partial charge is 0.266 e. The Hall–Kier alpha value is -1.97. The topological polar surface area (TPSA) is 90.0 Å². The van der Waals surface area contributed by atoms with Crippen molar-refractivity contribution in [3.63, 3.8) is 0 Å². The Morgan fingerprint density at radius 1 is 1.48 bits per heavy atom. The van der Waals surface area contributed by atoms with E-state index < -0.39 is 5.82 Å². The highest BCUT2D eigenvalue weighted by Gasteiger charge is 2.07. The van der Waals surface area contributed by atoms with Gasteiger partial charge in [0.2, 0.25) is 5.91 Å². The minimum atomic E-state index is -0.538. The first-order valence-corrected chi connectivity index (χ1v) is 7.10. The number of carbonyl (C=O) groups is 1. The van der Waals surface area contributed by atoms with Crippen LogP contribution in [-0.2, 0) is 11.3 Å². The molecule has 0 atom stereocenters. The number of carbonyl (C=O) groups excluding carboxylic acids is 1. The first kappa shape index (κ1) is 15.4. The van der Waals surface area contributed by atoms with E-state index in [1.165, 1.54) is 35.3 Å². The van der Waals surface area contributed by atoms with Crippen molar-refractivity contribution in [3.8, 4) is 0 Å². The third-order valence-corrected chi connectivity index (χ3v) is 3.46. The van der Waals surface area contributed by atoms with Crippen LogP contribution in [0.2, 0.25) is 0 Å². The number of nitrogens with one attached hydrogen (secondary N) is 1. The van der Waals surface area contributed by atoms with E-state index in [1.54, 1.807) is 0 Å². The van der Waals surface area contributed by atoms with Crippen molar-refractivity contribution in [2.45, 2.75) is 13.0 Å². The van der Waals surface area contributed by atoms with Gasteiger partial charge in [-0.2, -0.15) is 0 Å². The number of nitrogens with two attached hydrogens (primary N) is 1.